The van der Waals surface area contributed by atoms with Gasteiger partial charge in [-0.05, 0) is 23.8 Å². The van der Waals surface area contributed by atoms with E-state index < -0.39 is 5.97 Å². The Balaban J connectivity index is 1.61. The van der Waals surface area contributed by atoms with Crippen LogP contribution in [0.2, 0.25) is 0 Å². The van der Waals surface area contributed by atoms with Crippen LogP contribution in [0.15, 0.2) is 44.9 Å². The lowest BCUT2D eigenvalue weighted by molar-refractivity contribution is -0.141. The fourth-order valence-corrected chi connectivity index (χ4v) is 5.51. The SMILES string of the molecule is COCCOC(=O)C1=C(C)N=C2SC=C(CC(=O)N3CCOCC3)N2C1c1cccs1. The van der Waals surface area contributed by atoms with Crippen LogP contribution in [0.5, 0.6) is 0 Å². The molecule has 1 amide bonds. The molecular formula is C21H25N3O5S2. The largest absolute Gasteiger partial charge is 0.460 e. The zero-order chi connectivity index (χ0) is 21.8. The molecule has 0 aromatic carbocycles. The Morgan fingerprint density at radius 3 is 2.81 bits per heavy atom. The molecule has 1 aromatic heterocycles. The van der Waals surface area contributed by atoms with Gasteiger partial charge in [0.2, 0.25) is 5.91 Å². The van der Waals surface area contributed by atoms with Crippen molar-refractivity contribution in [3.05, 3.63) is 44.8 Å². The highest BCUT2D eigenvalue weighted by Crippen LogP contribution is 2.46. The van der Waals surface area contributed by atoms with E-state index in [4.69, 9.17) is 14.2 Å². The van der Waals surface area contributed by atoms with Crippen LogP contribution in [-0.4, -0.2) is 73.5 Å². The number of amidine groups is 1. The van der Waals surface area contributed by atoms with Crippen LogP contribution in [-0.2, 0) is 23.8 Å². The van der Waals surface area contributed by atoms with Gasteiger partial charge in [-0.1, -0.05) is 17.8 Å². The van der Waals surface area contributed by atoms with Crippen molar-refractivity contribution in [1.82, 2.24) is 9.80 Å². The lowest BCUT2D eigenvalue weighted by Crippen LogP contribution is -2.42. The molecule has 10 heteroatoms. The van der Waals surface area contributed by atoms with Crippen molar-refractivity contribution in [1.29, 1.82) is 0 Å². The standard InChI is InChI=1S/C21H25N3O5S2/c1-14-18(20(26)29-10-9-27-2)19(16-4-3-11-30-16)24-15(13-31-21(24)22-14)12-17(25)23-5-7-28-8-6-23/h3-4,11,13,19H,5-10,12H2,1-2H3. The second-order valence-corrected chi connectivity index (χ2v) is 9.02. The van der Waals surface area contributed by atoms with Crippen LogP contribution < -0.4 is 0 Å². The molecule has 1 unspecified atom stereocenters. The van der Waals surface area contributed by atoms with E-state index in [1.165, 1.54) is 11.8 Å². The van der Waals surface area contributed by atoms with Gasteiger partial charge in [0.15, 0.2) is 5.17 Å². The smallest absolute Gasteiger partial charge is 0.338 e. The lowest BCUT2D eigenvalue weighted by Gasteiger charge is -2.36. The summed E-state index contributed by atoms with van der Waals surface area (Å²) in [4.78, 5) is 35.4. The second-order valence-electron chi connectivity index (χ2n) is 7.21. The minimum atomic E-state index is -0.411. The highest BCUT2D eigenvalue weighted by Gasteiger charge is 2.41. The summed E-state index contributed by atoms with van der Waals surface area (Å²) in [6.45, 7) is 4.66. The fourth-order valence-electron chi connectivity index (χ4n) is 3.72. The molecule has 0 bridgehead atoms. The third-order valence-electron chi connectivity index (χ3n) is 5.25. The maximum Gasteiger partial charge on any atom is 0.338 e. The molecule has 166 valence electrons. The maximum absolute atomic E-state index is 13.0. The summed E-state index contributed by atoms with van der Waals surface area (Å²) in [6, 6.07) is 3.58. The van der Waals surface area contributed by atoms with Gasteiger partial charge >= 0.3 is 5.97 Å². The molecule has 0 radical (unpaired) electrons. The van der Waals surface area contributed by atoms with Gasteiger partial charge < -0.3 is 24.0 Å². The fraction of sp³-hybridized carbons (Fsp3) is 0.476. The van der Waals surface area contributed by atoms with Crippen molar-refractivity contribution in [2.45, 2.75) is 19.4 Å². The zero-order valence-electron chi connectivity index (χ0n) is 17.5. The van der Waals surface area contributed by atoms with Crippen molar-refractivity contribution < 1.29 is 23.8 Å². The lowest BCUT2D eigenvalue weighted by atomic mass is 9.99. The van der Waals surface area contributed by atoms with E-state index in [-0.39, 0.29) is 25.0 Å². The molecule has 0 N–H and O–H groups in total. The number of allylic oxidation sites excluding steroid dienone is 1. The Hall–Kier alpha value is -2.14. The Morgan fingerprint density at radius 2 is 2.10 bits per heavy atom. The predicted molar refractivity (Wildman–Crippen MR) is 120 cm³/mol. The van der Waals surface area contributed by atoms with Crippen LogP contribution in [0.25, 0.3) is 0 Å². The van der Waals surface area contributed by atoms with Crippen molar-refractivity contribution >= 4 is 40.1 Å². The summed E-state index contributed by atoms with van der Waals surface area (Å²) < 4.78 is 15.8. The topological polar surface area (TPSA) is 80.7 Å². The first-order valence-corrected chi connectivity index (χ1v) is 11.9. The molecule has 0 aliphatic carbocycles. The number of thioether (sulfide) groups is 1. The average molecular weight is 464 g/mol. The second kappa shape index (κ2) is 9.99. The number of fused-ring (bicyclic) bond motifs is 1. The molecule has 4 heterocycles. The van der Waals surface area contributed by atoms with Crippen molar-refractivity contribution in [2.75, 3.05) is 46.6 Å². The predicted octanol–water partition coefficient (Wildman–Crippen LogP) is 2.76. The van der Waals surface area contributed by atoms with Gasteiger partial charge in [-0.3, -0.25) is 4.79 Å². The van der Waals surface area contributed by atoms with Gasteiger partial charge in [-0.25, -0.2) is 9.79 Å². The molecule has 31 heavy (non-hydrogen) atoms. The van der Waals surface area contributed by atoms with E-state index in [9.17, 15) is 9.59 Å². The molecule has 3 aliphatic heterocycles. The minimum Gasteiger partial charge on any atom is -0.460 e. The van der Waals surface area contributed by atoms with E-state index >= 15 is 0 Å². The molecular weight excluding hydrogens is 438 g/mol. The average Bonchev–Trinajstić information content (AvgIpc) is 3.44. The Morgan fingerprint density at radius 1 is 1.29 bits per heavy atom. The summed E-state index contributed by atoms with van der Waals surface area (Å²) in [5.74, 6) is -0.358. The van der Waals surface area contributed by atoms with E-state index in [2.05, 4.69) is 4.99 Å². The van der Waals surface area contributed by atoms with E-state index in [0.717, 1.165) is 15.7 Å². The molecule has 0 saturated carbocycles. The van der Waals surface area contributed by atoms with E-state index in [0.29, 0.717) is 44.2 Å². The number of esters is 1. The summed E-state index contributed by atoms with van der Waals surface area (Å²) in [6.07, 6.45) is 0.249. The Labute approximate surface area is 189 Å². The molecule has 0 spiro atoms. The van der Waals surface area contributed by atoms with Crippen LogP contribution in [0, 0.1) is 0 Å². The highest BCUT2D eigenvalue weighted by molar-refractivity contribution is 8.16. The molecule has 1 saturated heterocycles. The molecule has 1 fully saturated rings. The number of hydrogen-bond acceptors (Lipinski definition) is 9. The van der Waals surface area contributed by atoms with Gasteiger partial charge in [0, 0.05) is 30.8 Å². The number of carbonyl (C=O) groups excluding carboxylic acids is 2. The van der Waals surface area contributed by atoms with Gasteiger partial charge in [0.05, 0.1) is 37.5 Å². The normalized spacial score (nSPS) is 21.0. The number of nitrogens with zero attached hydrogens (tertiary/aromatic N) is 3. The number of carbonyl (C=O) groups is 2. The summed E-state index contributed by atoms with van der Waals surface area (Å²) >= 11 is 3.05. The van der Waals surface area contributed by atoms with Gasteiger partial charge in [-0.15, -0.1) is 11.3 Å². The maximum atomic E-state index is 13.0. The third kappa shape index (κ3) is 4.72. The van der Waals surface area contributed by atoms with Crippen LogP contribution >= 0.6 is 23.1 Å². The number of ether oxygens (including phenoxy) is 3. The van der Waals surface area contributed by atoms with Gasteiger partial charge in [-0.2, -0.15) is 0 Å². The first-order chi connectivity index (χ1) is 15.1. The number of amides is 1. The van der Waals surface area contributed by atoms with Crippen molar-refractivity contribution in [2.24, 2.45) is 4.99 Å². The van der Waals surface area contributed by atoms with Crippen LogP contribution in [0.3, 0.4) is 0 Å². The molecule has 1 atom stereocenters. The third-order valence-corrected chi connectivity index (χ3v) is 7.06. The van der Waals surface area contributed by atoms with Crippen molar-refractivity contribution in [3.8, 4) is 0 Å². The summed E-state index contributed by atoms with van der Waals surface area (Å²) in [7, 11) is 1.56. The molecule has 4 rings (SSSR count). The number of aliphatic imine (C=N–C) groups is 1. The number of methoxy groups -OCH3 is 1. The zero-order valence-corrected chi connectivity index (χ0v) is 19.2. The quantitative estimate of drug-likeness (QED) is 0.454. The van der Waals surface area contributed by atoms with Crippen LogP contribution in [0.1, 0.15) is 24.3 Å². The molecule has 8 nitrogen and oxygen atoms in total. The van der Waals surface area contributed by atoms with Gasteiger partial charge in [0.25, 0.3) is 0 Å². The first-order valence-electron chi connectivity index (χ1n) is 10.1. The van der Waals surface area contributed by atoms with E-state index in [1.807, 2.05) is 39.6 Å². The summed E-state index contributed by atoms with van der Waals surface area (Å²) in [5.41, 5.74) is 1.97. The van der Waals surface area contributed by atoms with Crippen LogP contribution in [0.4, 0.5) is 0 Å². The van der Waals surface area contributed by atoms with E-state index in [1.54, 1.807) is 18.4 Å². The monoisotopic (exact) mass is 463 g/mol. The number of rotatable bonds is 7. The summed E-state index contributed by atoms with van der Waals surface area (Å²) in [5, 5.41) is 4.72. The van der Waals surface area contributed by atoms with Crippen molar-refractivity contribution in [3.63, 3.8) is 0 Å². The number of hydrogen-bond donors (Lipinski definition) is 0. The minimum absolute atomic E-state index is 0.0526. The molecule has 3 aliphatic rings. The van der Waals surface area contributed by atoms with Gasteiger partial charge in [0.1, 0.15) is 12.6 Å². The molecule has 1 aromatic rings. The Kier molecular flexibility index (Phi) is 7.11. The number of thiophene rings is 1. The highest BCUT2D eigenvalue weighted by atomic mass is 32.2. The first kappa shape index (κ1) is 22.1. The Bertz CT molecular complexity index is 919. The number of morpholine rings is 1.